The van der Waals surface area contributed by atoms with Gasteiger partial charge in [0.05, 0.1) is 18.3 Å². The van der Waals surface area contributed by atoms with E-state index in [0.29, 0.717) is 18.9 Å². The Morgan fingerprint density at radius 2 is 2.19 bits per heavy atom. The van der Waals surface area contributed by atoms with Crippen LogP contribution in [0.2, 0.25) is 0 Å². The summed E-state index contributed by atoms with van der Waals surface area (Å²) < 4.78 is 5.05. The maximum atomic E-state index is 12.2. The quantitative estimate of drug-likeness (QED) is 0.615. The molecule has 2 heterocycles. The molecule has 6 heteroatoms. The second-order valence-electron chi connectivity index (χ2n) is 4.90. The molecule has 1 saturated heterocycles. The van der Waals surface area contributed by atoms with Crippen molar-refractivity contribution in [3.8, 4) is 0 Å². The summed E-state index contributed by atoms with van der Waals surface area (Å²) in [5.41, 5.74) is 0. The van der Waals surface area contributed by atoms with E-state index in [9.17, 15) is 9.59 Å². The molecular weight excluding hydrogens is 288 g/mol. The molecule has 0 aromatic carbocycles. The van der Waals surface area contributed by atoms with Crippen LogP contribution in [0.1, 0.15) is 19.8 Å². The highest BCUT2D eigenvalue weighted by Crippen LogP contribution is 2.21. The zero-order valence-corrected chi connectivity index (χ0v) is 13.0. The summed E-state index contributed by atoms with van der Waals surface area (Å²) in [5, 5.41) is 0. The molecule has 1 fully saturated rings. The van der Waals surface area contributed by atoms with E-state index < -0.39 is 0 Å². The molecular formula is C15H20N2O3S. The Morgan fingerprint density at radius 1 is 1.43 bits per heavy atom. The Bertz CT molecular complexity index is 481. The monoisotopic (exact) mass is 308 g/mol. The first-order chi connectivity index (χ1) is 10.2. The van der Waals surface area contributed by atoms with Crippen molar-refractivity contribution in [3.63, 3.8) is 0 Å². The Morgan fingerprint density at radius 3 is 2.90 bits per heavy atom. The lowest BCUT2D eigenvalue weighted by molar-refractivity contribution is -0.151. The molecule has 1 amide bonds. The molecule has 0 aliphatic carbocycles. The molecule has 0 N–H and O–H groups in total. The maximum Gasteiger partial charge on any atom is 0.310 e. The Balaban J connectivity index is 1.83. The van der Waals surface area contributed by atoms with Crippen LogP contribution in [0.15, 0.2) is 29.4 Å². The van der Waals surface area contributed by atoms with E-state index in [0.717, 1.165) is 24.3 Å². The Labute approximate surface area is 129 Å². The Hall–Kier alpha value is -1.56. The van der Waals surface area contributed by atoms with Crippen LogP contribution in [-0.2, 0) is 14.3 Å². The first kappa shape index (κ1) is 15.8. The number of nitrogens with zero attached hydrogens (tertiary/aromatic N) is 2. The summed E-state index contributed by atoms with van der Waals surface area (Å²) >= 11 is 1.49. The third kappa shape index (κ3) is 4.74. The van der Waals surface area contributed by atoms with Gasteiger partial charge in [-0.25, -0.2) is 0 Å². The summed E-state index contributed by atoms with van der Waals surface area (Å²) in [5.74, 6) is 0.107. The number of hydrogen-bond acceptors (Lipinski definition) is 5. The summed E-state index contributed by atoms with van der Waals surface area (Å²) in [7, 11) is 0. The van der Waals surface area contributed by atoms with Crippen LogP contribution >= 0.6 is 11.8 Å². The van der Waals surface area contributed by atoms with Gasteiger partial charge in [-0.3, -0.25) is 14.6 Å². The molecule has 114 valence electrons. The number of ether oxygens (including phenoxy) is 1. The van der Waals surface area contributed by atoms with Gasteiger partial charge in [-0.15, -0.1) is 11.8 Å². The number of hydrogen-bond donors (Lipinski definition) is 0. The van der Waals surface area contributed by atoms with E-state index in [1.165, 1.54) is 11.8 Å². The van der Waals surface area contributed by atoms with Crippen molar-refractivity contribution in [3.05, 3.63) is 24.5 Å². The van der Waals surface area contributed by atoms with Crippen LogP contribution in [0.3, 0.4) is 0 Å². The standard InChI is InChI=1S/C15H20N2O3S/c1-2-20-15(19)12-4-3-9-17(10-12)14(18)11-21-13-5-7-16-8-6-13/h5-8,12H,2-4,9-11H2,1H3/t12-/m1/s1. The fourth-order valence-electron chi connectivity index (χ4n) is 2.33. The summed E-state index contributed by atoms with van der Waals surface area (Å²) in [4.78, 5) is 30.8. The van der Waals surface area contributed by atoms with Gasteiger partial charge in [0.2, 0.25) is 5.91 Å². The normalized spacial score (nSPS) is 18.3. The number of rotatable bonds is 5. The van der Waals surface area contributed by atoms with E-state index in [1.807, 2.05) is 12.1 Å². The topological polar surface area (TPSA) is 59.5 Å². The molecule has 1 aromatic heterocycles. The third-order valence-corrected chi connectivity index (χ3v) is 4.40. The predicted molar refractivity (Wildman–Crippen MR) is 80.9 cm³/mol. The van der Waals surface area contributed by atoms with Crippen molar-refractivity contribution < 1.29 is 14.3 Å². The number of thioether (sulfide) groups is 1. The van der Waals surface area contributed by atoms with Gasteiger partial charge in [-0.1, -0.05) is 0 Å². The number of esters is 1. The lowest BCUT2D eigenvalue weighted by Gasteiger charge is -2.31. The van der Waals surface area contributed by atoms with Crippen LogP contribution in [0.25, 0.3) is 0 Å². The summed E-state index contributed by atoms with van der Waals surface area (Å²) in [6, 6.07) is 3.77. The first-order valence-corrected chi connectivity index (χ1v) is 8.16. The second kappa shape index (κ2) is 8.02. The number of amides is 1. The lowest BCUT2D eigenvalue weighted by atomic mass is 9.98. The van der Waals surface area contributed by atoms with Crippen LogP contribution < -0.4 is 0 Å². The van der Waals surface area contributed by atoms with Crippen LogP contribution in [-0.4, -0.2) is 47.2 Å². The van der Waals surface area contributed by atoms with E-state index in [1.54, 1.807) is 24.2 Å². The average Bonchev–Trinajstić information content (AvgIpc) is 2.54. The molecule has 1 aromatic rings. The molecule has 1 aliphatic heterocycles. The van der Waals surface area contributed by atoms with Crippen molar-refractivity contribution in [2.24, 2.45) is 5.92 Å². The van der Waals surface area contributed by atoms with Gasteiger partial charge in [0.25, 0.3) is 0 Å². The minimum atomic E-state index is -0.184. The Kier molecular flexibility index (Phi) is 6.04. The van der Waals surface area contributed by atoms with Crippen LogP contribution in [0.4, 0.5) is 0 Å². The first-order valence-electron chi connectivity index (χ1n) is 7.18. The van der Waals surface area contributed by atoms with Gasteiger partial charge in [-0.2, -0.15) is 0 Å². The van der Waals surface area contributed by atoms with E-state index >= 15 is 0 Å². The van der Waals surface area contributed by atoms with Gasteiger partial charge in [0.15, 0.2) is 0 Å². The molecule has 0 spiro atoms. The number of aromatic nitrogens is 1. The molecule has 2 rings (SSSR count). The minimum Gasteiger partial charge on any atom is -0.466 e. The molecule has 1 aliphatic rings. The fraction of sp³-hybridized carbons (Fsp3) is 0.533. The number of carbonyl (C=O) groups excluding carboxylic acids is 2. The van der Waals surface area contributed by atoms with Crippen molar-refractivity contribution in [2.45, 2.75) is 24.7 Å². The number of carbonyl (C=O) groups is 2. The molecule has 1 atom stereocenters. The van der Waals surface area contributed by atoms with Crippen molar-refractivity contribution in [1.29, 1.82) is 0 Å². The minimum absolute atomic E-state index is 0.0748. The van der Waals surface area contributed by atoms with Gasteiger partial charge < -0.3 is 9.64 Å². The molecule has 0 radical (unpaired) electrons. The number of piperidine rings is 1. The molecule has 0 unspecified atom stereocenters. The maximum absolute atomic E-state index is 12.2. The summed E-state index contributed by atoms with van der Waals surface area (Å²) in [6.45, 7) is 3.40. The SMILES string of the molecule is CCOC(=O)[C@@H]1CCCN(C(=O)CSc2ccncc2)C1. The smallest absolute Gasteiger partial charge is 0.310 e. The number of likely N-dealkylation sites (tertiary alicyclic amines) is 1. The van der Waals surface area contributed by atoms with Gasteiger partial charge >= 0.3 is 5.97 Å². The van der Waals surface area contributed by atoms with E-state index in [-0.39, 0.29) is 17.8 Å². The highest BCUT2D eigenvalue weighted by Gasteiger charge is 2.29. The van der Waals surface area contributed by atoms with E-state index in [2.05, 4.69) is 4.98 Å². The lowest BCUT2D eigenvalue weighted by Crippen LogP contribution is -2.43. The highest BCUT2D eigenvalue weighted by atomic mass is 32.2. The predicted octanol–water partition coefficient (Wildman–Crippen LogP) is 1.98. The molecule has 0 saturated carbocycles. The van der Waals surface area contributed by atoms with Crippen molar-refractivity contribution in [1.82, 2.24) is 9.88 Å². The fourth-order valence-corrected chi connectivity index (χ4v) is 3.11. The zero-order valence-electron chi connectivity index (χ0n) is 12.2. The van der Waals surface area contributed by atoms with E-state index in [4.69, 9.17) is 4.74 Å². The highest BCUT2D eigenvalue weighted by molar-refractivity contribution is 8.00. The zero-order chi connectivity index (χ0) is 15.1. The molecule has 5 nitrogen and oxygen atoms in total. The number of pyridine rings is 1. The van der Waals surface area contributed by atoms with Gasteiger partial charge in [0.1, 0.15) is 0 Å². The summed E-state index contributed by atoms with van der Waals surface area (Å²) in [6.07, 6.45) is 5.09. The van der Waals surface area contributed by atoms with Crippen molar-refractivity contribution in [2.75, 3.05) is 25.4 Å². The van der Waals surface area contributed by atoms with Crippen molar-refractivity contribution >= 4 is 23.6 Å². The largest absolute Gasteiger partial charge is 0.466 e. The van der Waals surface area contributed by atoms with Crippen LogP contribution in [0, 0.1) is 5.92 Å². The van der Waals surface area contributed by atoms with Crippen LogP contribution in [0.5, 0.6) is 0 Å². The van der Waals surface area contributed by atoms with Gasteiger partial charge in [-0.05, 0) is 31.9 Å². The molecule has 0 bridgehead atoms. The van der Waals surface area contributed by atoms with Gasteiger partial charge in [0, 0.05) is 30.4 Å². The average molecular weight is 308 g/mol. The molecule has 21 heavy (non-hydrogen) atoms. The second-order valence-corrected chi connectivity index (χ2v) is 5.95. The third-order valence-electron chi connectivity index (χ3n) is 3.41.